The standard InChI is InChI=1S/C22H26N2O4/c1-14(2)15-8-10-16(11-9-15)20-21(25)23-12-13-24(20)22(26)19-17(27-3)6-5-7-18(19)28-4/h5-11,14,20H,12-13H2,1-4H3,(H,23,25). The molecule has 0 radical (unpaired) electrons. The molecule has 1 aliphatic rings. The number of amides is 2. The molecule has 1 heterocycles. The molecule has 6 heteroatoms. The molecule has 0 saturated carbocycles. The van der Waals surface area contributed by atoms with Gasteiger partial charge in [0.05, 0.1) is 14.2 Å². The third kappa shape index (κ3) is 3.67. The van der Waals surface area contributed by atoms with Gasteiger partial charge in [-0.15, -0.1) is 0 Å². The Morgan fingerprint density at radius 3 is 2.21 bits per heavy atom. The summed E-state index contributed by atoms with van der Waals surface area (Å²) in [6.07, 6.45) is 0. The first-order valence-electron chi connectivity index (χ1n) is 9.37. The van der Waals surface area contributed by atoms with Crippen LogP contribution in [-0.2, 0) is 4.79 Å². The van der Waals surface area contributed by atoms with Crippen LogP contribution in [0, 0.1) is 0 Å². The van der Waals surface area contributed by atoms with Gasteiger partial charge in [0.25, 0.3) is 5.91 Å². The van der Waals surface area contributed by atoms with Crippen molar-refractivity contribution >= 4 is 11.8 Å². The summed E-state index contributed by atoms with van der Waals surface area (Å²) in [6, 6.07) is 12.4. The van der Waals surface area contributed by atoms with E-state index in [2.05, 4.69) is 19.2 Å². The maximum atomic E-state index is 13.4. The fourth-order valence-electron chi connectivity index (χ4n) is 3.49. The van der Waals surface area contributed by atoms with E-state index >= 15 is 0 Å². The number of hydrogen-bond acceptors (Lipinski definition) is 4. The zero-order valence-corrected chi connectivity index (χ0v) is 16.7. The Hall–Kier alpha value is -3.02. The van der Waals surface area contributed by atoms with Gasteiger partial charge in [-0.05, 0) is 29.2 Å². The molecule has 1 atom stereocenters. The zero-order valence-electron chi connectivity index (χ0n) is 16.7. The van der Waals surface area contributed by atoms with E-state index in [0.29, 0.717) is 36.1 Å². The first kappa shape index (κ1) is 19.7. The average molecular weight is 382 g/mol. The van der Waals surface area contributed by atoms with Crippen molar-refractivity contribution < 1.29 is 19.1 Å². The van der Waals surface area contributed by atoms with E-state index < -0.39 is 6.04 Å². The molecule has 0 spiro atoms. The normalized spacial score (nSPS) is 16.7. The van der Waals surface area contributed by atoms with Gasteiger partial charge in [0.15, 0.2) is 0 Å². The zero-order chi connectivity index (χ0) is 20.3. The maximum Gasteiger partial charge on any atom is 0.262 e. The van der Waals surface area contributed by atoms with Crippen molar-refractivity contribution in [1.82, 2.24) is 10.2 Å². The van der Waals surface area contributed by atoms with Gasteiger partial charge in [0.2, 0.25) is 5.91 Å². The van der Waals surface area contributed by atoms with Crippen LogP contribution in [0.5, 0.6) is 11.5 Å². The fourth-order valence-corrected chi connectivity index (χ4v) is 3.49. The highest BCUT2D eigenvalue weighted by atomic mass is 16.5. The fraction of sp³-hybridized carbons (Fsp3) is 0.364. The first-order chi connectivity index (χ1) is 13.5. The lowest BCUT2D eigenvalue weighted by Crippen LogP contribution is -2.52. The Morgan fingerprint density at radius 1 is 1.07 bits per heavy atom. The number of hydrogen-bond donors (Lipinski definition) is 1. The Bertz CT molecular complexity index is 839. The molecule has 0 bridgehead atoms. The number of carbonyl (C=O) groups is 2. The van der Waals surface area contributed by atoms with Gasteiger partial charge < -0.3 is 19.7 Å². The highest BCUT2D eigenvalue weighted by molar-refractivity contribution is 6.02. The lowest BCUT2D eigenvalue weighted by molar-refractivity contribution is -0.128. The first-order valence-corrected chi connectivity index (χ1v) is 9.37. The van der Waals surface area contributed by atoms with E-state index in [4.69, 9.17) is 9.47 Å². The lowest BCUT2D eigenvalue weighted by atomic mass is 9.96. The number of methoxy groups -OCH3 is 2. The number of ether oxygens (including phenoxy) is 2. The summed E-state index contributed by atoms with van der Waals surface area (Å²) in [4.78, 5) is 27.7. The third-order valence-corrected chi connectivity index (χ3v) is 5.03. The number of nitrogens with zero attached hydrogens (tertiary/aromatic N) is 1. The SMILES string of the molecule is COc1cccc(OC)c1C(=O)N1CCNC(=O)C1c1ccc(C(C)C)cc1. The van der Waals surface area contributed by atoms with Gasteiger partial charge in [-0.3, -0.25) is 9.59 Å². The Balaban J connectivity index is 2.01. The number of nitrogens with one attached hydrogen (secondary N) is 1. The van der Waals surface area contributed by atoms with Crippen LogP contribution < -0.4 is 14.8 Å². The van der Waals surface area contributed by atoms with Crippen LogP contribution in [0.1, 0.15) is 47.3 Å². The predicted octanol–water partition coefficient (Wildman–Crippen LogP) is 3.14. The molecule has 3 rings (SSSR count). The topological polar surface area (TPSA) is 67.9 Å². The second kappa shape index (κ2) is 8.33. The van der Waals surface area contributed by atoms with Gasteiger partial charge in [-0.2, -0.15) is 0 Å². The highest BCUT2D eigenvalue weighted by Gasteiger charge is 2.36. The average Bonchev–Trinajstić information content (AvgIpc) is 2.72. The molecule has 0 aliphatic carbocycles. The Kier molecular flexibility index (Phi) is 5.87. The molecule has 1 fully saturated rings. The van der Waals surface area contributed by atoms with E-state index in [9.17, 15) is 9.59 Å². The second-order valence-electron chi connectivity index (χ2n) is 7.05. The van der Waals surface area contributed by atoms with Crippen molar-refractivity contribution in [3.05, 3.63) is 59.2 Å². The van der Waals surface area contributed by atoms with Crippen LogP contribution in [0.3, 0.4) is 0 Å². The van der Waals surface area contributed by atoms with Crippen molar-refractivity contribution in [3.8, 4) is 11.5 Å². The predicted molar refractivity (Wildman–Crippen MR) is 107 cm³/mol. The molecular formula is C22H26N2O4. The lowest BCUT2D eigenvalue weighted by Gasteiger charge is -2.36. The molecule has 2 amide bonds. The van der Waals surface area contributed by atoms with E-state index in [0.717, 1.165) is 5.56 Å². The van der Waals surface area contributed by atoms with Gasteiger partial charge >= 0.3 is 0 Å². The van der Waals surface area contributed by atoms with Crippen molar-refractivity contribution in [1.29, 1.82) is 0 Å². The summed E-state index contributed by atoms with van der Waals surface area (Å²) in [7, 11) is 3.02. The molecular weight excluding hydrogens is 356 g/mol. The number of rotatable bonds is 5. The number of carbonyl (C=O) groups excluding carboxylic acids is 2. The smallest absolute Gasteiger partial charge is 0.262 e. The third-order valence-electron chi connectivity index (χ3n) is 5.03. The van der Waals surface area contributed by atoms with E-state index in [1.165, 1.54) is 19.8 Å². The van der Waals surface area contributed by atoms with Crippen LogP contribution in [0.2, 0.25) is 0 Å². The molecule has 148 valence electrons. The Morgan fingerprint density at radius 2 is 1.68 bits per heavy atom. The summed E-state index contributed by atoms with van der Waals surface area (Å²) in [5.41, 5.74) is 2.29. The van der Waals surface area contributed by atoms with Gasteiger partial charge in [-0.25, -0.2) is 0 Å². The minimum absolute atomic E-state index is 0.189. The minimum atomic E-state index is -0.697. The monoisotopic (exact) mass is 382 g/mol. The number of piperazine rings is 1. The van der Waals surface area contributed by atoms with Gasteiger partial charge in [0, 0.05) is 13.1 Å². The van der Waals surface area contributed by atoms with Crippen molar-refractivity contribution in [2.24, 2.45) is 0 Å². The second-order valence-corrected chi connectivity index (χ2v) is 7.05. The van der Waals surface area contributed by atoms with Crippen molar-refractivity contribution in [3.63, 3.8) is 0 Å². The minimum Gasteiger partial charge on any atom is -0.496 e. The molecule has 1 saturated heterocycles. The van der Waals surface area contributed by atoms with Crippen molar-refractivity contribution in [2.75, 3.05) is 27.3 Å². The largest absolute Gasteiger partial charge is 0.496 e. The van der Waals surface area contributed by atoms with Gasteiger partial charge in [-0.1, -0.05) is 44.2 Å². The summed E-state index contributed by atoms with van der Waals surface area (Å²) in [6.45, 7) is 5.04. The van der Waals surface area contributed by atoms with E-state index in [1.807, 2.05) is 24.3 Å². The van der Waals surface area contributed by atoms with Crippen LogP contribution >= 0.6 is 0 Å². The molecule has 0 aromatic heterocycles. The summed E-state index contributed by atoms with van der Waals surface area (Å²) >= 11 is 0. The highest BCUT2D eigenvalue weighted by Crippen LogP contribution is 2.33. The van der Waals surface area contributed by atoms with Crippen molar-refractivity contribution in [2.45, 2.75) is 25.8 Å². The van der Waals surface area contributed by atoms with Gasteiger partial charge in [0.1, 0.15) is 23.1 Å². The summed E-state index contributed by atoms with van der Waals surface area (Å²) < 4.78 is 10.8. The Labute approximate surface area is 165 Å². The van der Waals surface area contributed by atoms with Crippen LogP contribution in [-0.4, -0.2) is 44.0 Å². The number of benzene rings is 2. The molecule has 1 N–H and O–H groups in total. The van der Waals surface area contributed by atoms with E-state index in [1.54, 1.807) is 23.1 Å². The molecule has 2 aromatic carbocycles. The van der Waals surface area contributed by atoms with E-state index in [-0.39, 0.29) is 11.8 Å². The van der Waals surface area contributed by atoms with Crippen LogP contribution in [0.25, 0.3) is 0 Å². The maximum absolute atomic E-state index is 13.4. The molecule has 2 aromatic rings. The molecule has 1 aliphatic heterocycles. The molecule has 6 nitrogen and oxygen atoms in total. The molecule has 28 heavy (non-hydrogen) atoms. The quantitative estimate of drug-likeness (QED) is 0.863. The van der Waals surface area contributed by atoms with Crippen LogP contribution in [0.15, 0.2) is 42.5 Å². The summed E-state index contributed by atoms with van der Waals surface area (Å²) in [5.74, 6) is 0.756. The molecule has 1 unspecified atom stereocenters. The van der Waals surface area contributed by atoms with Crippen LogP contribution in [0.4, 0.5) is 0 Å². The summed E-state index contributed by atoms with van der Waals surface area (Å²) in [5, 5.41) is 2.87.